The van der Waals surface area contributed by atoms with E-state index >= 15 is 0 Å². The second kappa shape index (κ2) is 9.20. The standard InChI is InChI=1S/C26H40O9/c1-5-24(2)8-6-14-13(11-24)15(27)10-16-25(14,3)9-7-17(28)26(16,4)12-34-23-20(31)18(29)19(30)21(35-23)22(32)33/h5,11,14-21,23,27-31H,1,6-10,12H2,2-4H3,(H,32,33). The van der Waals surface area contributed by atoms with Gasteiger partial charge in [-0.2, -0.15) is 0 Å². The van der Waals surface area contributed by atoms with Crippen LogP contribution >= 0.6 is 0 Å². The van der Waals surface area contributed by atoms with Crippen molar-refractivity contribution in [3.63, 3.8) is 0 Å². The van der Waals surface area contributed by atoms with Crippen LogP contribution in [0.5, 0.6) is 0 Å². The second-order valence-corrected chi connectivity index (χ2v) is 11.9. The number of aliphatic hydroxyl groups excluding tert-OH is 5. The molecule has 0 aromatic rings. The summed E-state index contributed by atoms with van der Waals surface area (Å²) in [5.41, 5.74) is -0.126. The van der Waals surface area contributed by atoms with E-state index in [0.717, 1.165) is 24.8 Å². The molecule has 3 aliphatic carbocycles. The number of rotatable bonds is 5. The van der Waals surface area contributed by atoms with Crippen molar-refractivity contribution in [1.82, 2.24) is 0 Å². The smallest absolute Gasteiger partial charge is 0.335 e. The summed E-state index contributed by atoms with van der Waals surface area (Å²) in [6.45, 7) is 10.1. The van der Waals surface area contributed by atoms with E-state index in [1.165, 1.54) is 0 Å². The molecule has 0 aromatic heterocycles. The average Bonchev–Trinajstić information content (AvgIpc) is 2.81. The largest absolute Gasteiger partial charge is 0.479 e. The van der Waals surface area contributed by atoms with Gasteiger partial charge in [0.05, 0.1) is 18.8 Å². The summed E-state index contributed by atoms with van der Waals surface area (Å²) >= 11 is 0. The zero-order valence-electron chi connectivity index (χ0n) is 20.7. The van der Waals surface area contributed by atoms with Crippen LogP contribution in [0.4, 0.5) is 0 Å². The Hall–Kier alpha value is -1.33. The maximum Gasteiger partial charge on any atom is 0.335 e. The third-order valence-electron chi connectivity index (χ3n) is 9.66. The predicted octanol–water partition coefficient (Wildman–Crippen LogP) is 0.972. The van der Waals surface area contributed by atoms with Crippen LogP contribution in [-0.2, 0) is 14.3 Å². The molecule has 0 spiro atoms. The van der Waals surface area contributed by atoms with Gasteiger partial charge in [-0.3, -0.25) is 0 Å². The third-order valence-corrected chi connectivity index (χ3v) is 9.66. The van der Waals surface area contributed by atoms with Crippen LogP contribution in [0, 0.1) is 28.1 Å². The maximum atomic E-state index is 11.4. The highest BCUT2D eigenvalue weighted by molar-refractivity contribution is 5.73. The Kier molecular flexibility index (Phi) is 7.03. The third kappa shape index (κ3) is 4.29. The van der Waals surface area contributed by atoms with Gasteiger partial charge in [0.15, 0.2) is 12.4 Å². The summed E-state index contributed by atoms with van der Waals surface area (Å²) < 4.78 is 11.1. The number of carboxylic acids is 1. The molecular formula is C26H40O9. The molecule has 0 bridgehead atoms. The molecule has 12 unspecified atom stereocenters. The molecule has 2 saturated carbocycles. The Labute approximate surface area is 206 Å². The molecule has 1 aliphatic heterocycles. The lowest BCUT2D eigenvalue weighted by atomic mass is 9.44. The monoisotopic (exact) mass is 496 g/mol. The van der Waals surface area contributed by atoms with Crippen molar-refractivity contribution >= 4 is 5.97 Å². The molecule has 0 amide bonds. The van der Waals surface area contributed by atoms with Gasteiger partial charge in [0.1, 0.15) is 18.3 Å². The van der Waals surface area contributed by atoms with Crippen LogP contribution < -0.4 is 0 Å². The predicted molar refractivity (Wildman–Crippen MR) is 125 cm³/mol. The zero-order chi connectivity index (χ0) is 25.9. The number of fused-ring (bicyclic) bond motifs is 3. The van der Waals surface area contributed by atoms with Gasteiger partial charge in [0, 0.05) is 10.8 Å². The van der Waals surface area contributed by atoms with Crippen molar-refractivity contribution in [2.45, 2.75) is 95.8 Å². The van der Waals surface area contributed by atoms with Crippen LogP contribution in [0.1, 0.15) is 52.9 Å². The minimum absolute atomic E-state index is 0.0752. The first-order valence-electron chi connectivity index (χ1n) is 12.5. The Morgan fingerprint density at radius 1 is 1.11 bits per heavy atom. The highest BCUT2D eigenvalue weighted by Gasteiger charge is 2.61. The van der Waals surface area contributed by atoms with Gasteiger partial charge in [-0.25, -0.2) is 4.79 Å². The maximum absolute atomic E-state index is 11.4. The fourth-order valence-corrected chi connectivity index (χ4v) is 7.28. The molecule has 4 aliphatic rings. The van der Waals surface area contributed by atoms with Crippen LogP contribution in [0.2, 0.25) is 0 Å². The molecule has 3 fully saturated rings. The number of hydrogen-bond acceptors (Lipinski definition) is 8. The Morgan fingerprint density at radius 2 is 1.80 bits per heavy atom. The zero-order valence-corrected chi connectivity index (χ0v) is 20.7. The molecule has 6 N–H and O–H groups in total. The second-order valence-electron chi connectivity index (χ2n) is 11.9. The van der Waals surface area contributed by atoms with Crippen molar-refractivity contribution in [1.29, 1.82) is 0 Å². The van der Waals surface area contributed by atoms with E-state index in [1.807, 2.05) is 13.0 Å². The molecule has 4 rings (SSSR count). The number of ether oxygens (including phenoxy) is 2. The van der Waals surface area contributed by atoms with Crippen molar-refractivity contribution < 1.29 is 44.9 Å². The molecule has 0 aromatic carbocycles. The van der Waals surface area contributed by atoms with E-state index in [9.17, 15) is 35.4 Å². The summed E-state index contributed by atoms with van der Waals surface area (Å²) in [6, 6.07) is 0. The summed E-state index contributed by atoms with van der Waals surface area (Å²) in [4.78, 5) is 11.4. The van der Waals surface area contributed by atoms with Crippen LogP contribution in [0.25, 0.3) is 0 Å². The van der Waals surface area contributed by atoms with Gasteiger partial charge in [-0.1, -0.05) is 32.9 Å². The minimum Gasteiger partial charge on any atom is -0.479 e. The summed E-state index contributed by atoms with van der Waals surface area (Å²) in [6.07, 6.45) is -2.14. The highest BCUT2D eigenvalue weighted by atomic mass is 16.7. The SMILES string of the molecule is C=CC1(C)C=C2C(O)CC3C(C)(COC4OC(C(=O)O)C(O)C(O)C4O)C(O)CCC3(C)C2CC1. The molecule has 198 valence electrons. The number of aliphatic carboxylic acids is 1. The molecule has 9 nitrogen and oxygen atoms in total. The van der Waals surface area contributed by atoms with Crippen molar-refractivity contribution in [2.24, 2.45) is 28.1 Å². The first-order valence-corrected chi connectivity index (χ1v) is 12.5. The van der Waals surface area contributed by atoms with Gasteiger partial charge in [-0.05, 0) is 54.9 Å². The Balaban J connectivity index is 1.59. The van der Waals surface area contributed by atoms with Crippen LogP contribution in [-0.4, -0.2) is 86.1 Å². The lowest BCUT2D eigenvalue weighted by molar-refractivity contribution is -0.307. The van der Waals surface area contributed by atoms with Crippen molar-refractivity contribution in [2.75, 3.05) is 6.61 Å². The number of aliphatic hydroxyl groups is 5. The van der Waals surface area contributed by atoms with E-state index in [-0.39, 0.29) is 29.3 Å². The summed E-state index contributed by atoms with van der Waals surface area (Å²) in [5.74, 6) is -1.44. The Bertz CT molecular complexity index is 875. The first kappa shape index (κ1) is 26.7. The quantitative estimate of drug-likeness (QED) is 0.305. The van der Waals surface area contributed by atoms with E-state index in [2.05, 4.69) is 26.5 Å². The van der Waals surface area contributed by atoms with Gasteiger partial charge >= 0.3 is 5.97 Å². The van der Waals surface area contributed by atoms with Gasteiger partial charge in [0.2, 0.25) is 0 Å². The molecule has 1 saturated heterocycles. The number of hydrogen-bond donors (Lipinski definition) is 6. The van der Waals surface area contributed by atoms with E-state index in [4.69, 9.17) is 9.47 Å². The summed E-state index contributed by atoms with van der Waals surface area (Å²) in [7, 11) is 0. The normalized spacial score (nSPS) is 52.1. The molecular weight excluding hydrogens is 456 g/mol. The Morgan fingerprint density at radius 3 is 2.43 bits per heavy atom. The average molecular weight is 497 g/mol. The van der Waals surface area contributed by atoms with E-state index in [1.54, 1.807) is 0 Å². The number of allylic oxidation sites excluding steroid dienone is 2. The van der Waals surface area contributed by atoms with Gasteiger partial charge < -0.3 is 40.1 Å². The summed E-state index contributed by atoms with van der Waals surface area (Å²) in [5, 5.41) is 62.1. The van der Waals surface area contributed by atoms with Crippen molar-refractivity contribution in [3.8, 4) is 0 Å². The molecule has 0 radical (unpaired) electrons. The molecule has 9 heteroatoms. The van der Waals surface area contributed by atoms with Crippen LogP contribution in [0.3, 0.4) is 0 Å². The van der Waals surface area contributed by atoms with Crippen molar-refractivity contribution in [3.05, 3.63) is 24.3 Å². The fraction of sp³-hybridized carbons (Fsp3) is 0.808. The first-order chi connectivity index (χ1) is 16.3. The van der Waals surface area contributed by atoms with E-state index < -0.39 is 54.3 Å². The minimum atomic E-state index is -1.80. The number of carboxylic acid groups (broad SMARTS) is 1. The van der Waals surface area contributed by atoms with Gasteiger partial charge in [0.25, 0.3) is 0 Å². The molecule has 35 heavy (non-hydrogen) atoms. The molecule has 12 atom stereocenters. The van der Waals surface area contributed by atoms with Gasteiger partial charge in [-0.15, -0.1) is 6.58 Å². The lowest BCUT2D eigenvalue weighted by Gasteiger charge is -2.62. The number of carbonyl (C=O) groups is 1. The van der Waals surface area contributed by atoms with Crippen LogP contribution in [0.15, 0.2) is 24.3 Å². The highest BCUT2D eigenvalue weighted by Crippen LogP contribution is 2.64. The topological polar surface area (TPSA) is 157 Å². The molecule has 1 heterocycles. The van der Waals surface area contributed by atoms with E-state index in [0.29, 0.717) is 12.8 Å². The lowest BCUT2D eigenvalue weighted by Crippen LogP contribution is -2.63. The fourth-order valence-electron chi connectivity index (χ4n) is 7.28.